The summed E-state index contributed by atoms with van der Waals surface area (Å²) in [5.41, 5.74) is -0.243. The van der Waals surface area contributed by atoms with Gasteiger partial charge in [-0.05, 0) is 32.4 Å². The lowest BCUT2D eigenvalue weighted by Crippen LogP contribution is -2.44. The van der Waals surface area contributed by atoms with Crippen LogP contribution in [0.1, 0.15) is 27.2 Å². The highest BCUT2D eigenvalue weighted by atomic mass is 16.5. The van der Waals surface area contributed by atoms with Crippen LogP contribution in [0, 0.1) is 0 Å². The summed E-state index contributed by atoms with van der Waals surface area (Å²) in [6.45, 7) is 5.99. The lowest BCUT2D eigenvalue weighted by Gasteiger charge is -2.24. The summed E-state index contributed by atoms with van der Waals surface area (Å²) in [5.74, 6) is 0.836. The summed E-state index contributed by atoms with van der Waals surface area (Å²) in [4.78, 5) is 11.8. The minimum absolute atomic E-state index is 0.0665. The molecule has 1 aromatic carbocycles. The lowest BCUT2D eigenvalue weighted by atomic mass is 10.0. The molecule has 0 spiro atoms. The molecule has 0 saturated heterocycles. The molecule has 2 N–H and O–H groups in total. The first kappa shape index (κ1) is 16.3. The maximum Gasteiger partial charge on any atom is 0.258 e. The molecular weight excluding hydrogens is 258 g/mol. The minimum Gasteiger partial charge on any atom is -0.487 e. The van der Waals surface area contributed by atoms with Gasteiger partial charge in [-0.25, -0.2) is 0 Å². The van der Waals surface area contributed by atoms with E-state index in [2.05, 4.69) is 5.32 Å². The van der Waals surface area contributed by atoms with Gasteiger partial charge >= 0.3 is 0 Å². The summed E-state index contributed by atoms with van der Waals surface area (Å²) >= 11 is 0. The Bertz CT molecular complexity index is 432. The van der Waals surface area contributed by atoms with E-state index in [0.29, 0.717) is 11.5 Å². The molecule has 0 heterocycles. The van der Waals surface area contributed by atoms with Gasteiger partial charge in [0.1, 0.15) is 6.61 Å². The number of amides is 1. The summed E-state index contributed by atoms with van der Waals surface area (Å²) in [6, 6.07) is 7.07. The summed E-state index contributed by atoms with van der Waals surface area (Å²) in [7, 11) is 0. The topological polar surface area (TPSA) is 67.8 Å². The van der Waals surface area contributed by atoms with Gasteiger partial charge in [-0.15, -0.1) is 0 Å². The van der Waals surface area contributed by atoms with Gasteiger partial charge in [-0.3, -0.25) is 4.79 Å². The molecule has 1 rings (SSSR count). The molecule has 0 aliphatic rings. The molecule has 0 fully saturated rings. The van der Waals surface area contributed by atoms with Crippen molar-refractivity contribution < 1.29 is 19.4 Å². The average Bonchev–Trinajstić information content (AvgIpc) is 2.43. The van der Waals surface area contributed by atoms with E-state index >= 15 is 0 Å². The van der Waals surface area contributed by atoms with Gasteiger partial charge in [0, 0.05) is 5.54 Å². The van der Waals surface area contributed by atoms with Gasteiger partial charge in [-0.1, -0.05) is 19.1 Å². The zero-order chi connectivity index (χ0) is 15.0. The van der Waals surface area contributed by atoms with Crippen LogP contribution in [0.15, 0.2) is 24.3 Å². The Balaban J connectivity index is 2.55. The summed E-state index contributed by atoms with van der Waals surface area (Å²) in [6.07, 6.45) is 0.842. The van der Waals surface area contributed by atoms with Gasteiger partial charge in [0.2, 0.25) is 0 Å². The molecule has 0 aromatic heterocycles. The first-order valence-corrected chi connectivity index (χ1v) is 6.75. The Morgan fingerprint density at radius 2 is 1.85 bits per heavy atom. The Labute approximate surface area is 119 Å². The van der Waals surface area contributed by atoms with Crippen LogP contribution in [0.3, 0.4) is 0 Å². The van der Waals surface area contributed by atoms with Crippen LogP contribution < -0.4 is 14.8 Å². The number of carbonyl (C=O) groups is 1. The Kier molecular flexibility index (Phi) is 6.31. The van der Waals surface area contributed by atoms with Crippen molar-refractivity contribution in [3.63, 3.8) is 0 Å². The number of hydrogen-bond donors (Lipinski definition) is 2. The third-order valence-corrected chi connectivity index (χ3v) is 2.92. The molecule has 1 amide bonds. The molecule has 0 aliphatic heterocycles. The monoisotopic (exact) mass is 281 g/mol. The molecule has 112 valence electrons. The number of para-hydroxylation sites is 2. The molecule has 0 bridgehead atoms. The number of hydrogen-bond acceptors (Lipinski definition) is 4. The van der Waals surface area contributed by atoms with Crippen molar-refractivity contribution >= 4 is 5.91 Å². The van der Waals surface area contributed by atoms with Crippen LogP contribution in [-0.4, -0.2) is 36.4 Å². The normalized spacial score (nSPS) is 11.0. The van der Waals surface area contributed by atoms with Crippen LogP contribution in [-0.2, 0) is 4.79 Å². The molecule has 0 radical (unpaired) electrons. The van der Waals surface area contributed by atoms with Crippen LogP contribution in [0.25, 0.3) is 0 Å². The molecular formula is C15H23NO4. The van der Waals surface area contributed by atoms with E-state index in [1.807, 2.05) is 20.8 Å². The number of nitrogens with one attached hydrogen (secondary N) is 1. The van der Waals surface area contributed by atoms with Gasteiger partial charge in [0.25, 0.3) is 5.91 Å². The molecule has 0 aliphatic carbocycles. The van der Waals surface area contributed by atoms with E-state index in [4.69, 9.17) is 14.6 Å². The third-order valence-electron chi connectivity index (χ3n) is 2.92. The Morgan fingerprint density at radius 3 is 2.40 bits per heavy atom. The van der Waals surface area contributed by atoms with E-state index < -0.39 is 0 Å². The van der Waals surface area contributed by atoms with E-state index in [9.17, 15) is 4.79 Å². The standard InChI is InChI=1S/C15H23NO4/c1-4-15(2,3)16-14(18)11-20-13-8-6-5-7-12(13)19-10-9-17/h5-8,17H,4,9-11H2,1-3H3,(H,16,18). The van der Waals surface area contributed by atoms with Crippen molar-refractivity contribution in [3.05, 3.63) is 24.3 Å². The predicted octanol–water partition coefficient (Wildman–Crippen LogP) is 1.74. The second kappa shape index (κ2) is 7.75. The maximum atomic E-state index is 11.8. The number of ether oxygens (including phenoxy) is 2. The Hall–Kier alpha value is -1.75. The van der Waals surface area contributed by atoms with Crippen LogP contribution in [0.4, 0.5) is 0 Å². The molecule has 0 unspecified atom stereocenters. The van der Waals surface area contributed by atoms with Crippen molar-refractivity contribution in [2.75, 3.05) is 19.8 Å². The molecule has 5 nitrogen and oxygen atoms in total. The van der Waals surface area contributed by atoms with Gasteiger partial charge in [0.05, 0.1) is 6.61 Å². The molecule has 20 heavy (non-hydrogen) atoms. The van der Waals surface area contributed by atoms with Crippen molar-refractivity contribution in [1.82, 2.24) is 5.32 Å². The van der Waals surface area contributed by atoms with Crippen molar-refractivity contribution in [1.29, 1.82) is 0 Å². The third kappa shape index (κ3) is 5.48. The van der Waals surface area contributed by atoms with Crippen LogP contribution >= 0.6 is 0 Å². The predicted molar refractivity (Wildman–Crippen MR) is 77.0 cm³/mol. The van der Waals surface area contributed by atoms with E-state index in [1.54, 1.807) is 24.3 Å². The first-order valence-electron chi connectivity index (χ1n) is 6.75. The molecule has 5 heteroatoms. The largest absolute Gasteiger partial charge is 0.487 e. The lowest BCUT2D eigenvalue weighted by molar-refractivity contribution is -0.124. The first-order chi connectivity index (χ1) is 9.48. The SMILES string of the molecule is CCC(C)(C)NC(=O)COc1ccccc1OCCO. The van der Waals surface area contributed by atoms with Crippen molar-refractivity contribution in [2.24, 2.45) is 0 Å². The zero-order valence-electron chi connectivity index (χ0n) is 12.3. The van der Waals surface area contributed by atoms with Crippen molar-refractivity contribution in [3.8, 4) is 11.5 Å². The quantitative estimate of drug-likeness (QED) is 0.761. The second-order valence-electron chi connectivity index (χ2n) is 5.09. The highest BCUT2D eigenvalue weighted by Gasteiger charge is 2.18. The zero-order valence-corrected chi connectivity index (χ0v) is 12.3. The summed E-state index contributed by atoms with van der Waals surface area (Å²) < 4.78 is 10.8. The highest BCUT2D eigenvalue weighted by Crippen LogP contribution is 2.26. The molecule has 0 saturated carbocycles. The van der Waals surface area contributed by atoms with Gasteiger partial charge < -0.3 is 19.9 Å². The fraction of sp³-hybridized carbons (Fsp3) is 0.533. The number of aliphatic hydroxyl groups is 1. The highest BCUT2D eigenvalue weighted by molar-refractivity contribution is 5.78. The van der Waals surface area contributed by atoms with E-state index in [1.165, 1.54) is 0 Å². The number of aliphatic hydroxyl groups excluding tert-OH is 1. The summed E-state index contributed by atoms with van der Waals surface area (Å²) in [5, 5.41) is 11.7. The van der Waals surface area contributed by atoms with Gasteiger partial charge in [0.15, 0.2) is 18.1 Å². The maximum absolute atomic E-state index is 11.8. The van der Waals surface area contributed by atoms with E-state index in [0.717, 1.165) is 6.42 Å². The van der Waals surface area contributed by atoms with Crippen LogP contribution in [0.5, 0.6) is 11.5 Å². The average molecular weight is 281 g/mol. The number of benzene rings is 1. The smallest absolute Gasteiger partial charge is 0.258 e. The Morgan fingerprint density at radius 1 is 1.25 bits per heavy atom. The fourth-order valence-electron chi connectivity index (χ4n) is 1.49. The number of rotatable bonds is 8. The van der Waals surface area contributed by atoms with Crippen LogP contribution in [0.2, 0.25) is 0 Å². The number of carbonyl (C=O) groups excluding carboxylic acids is 1. The molecule has 0 atom stereocenters. The van der Waals surface area contributed by atoms with Gasteiger partial charge in [-0.2, -0.15) is 0 Å². The second-order valence-corrected chi connectivity index (χ2v) is 5.09. The van der Waals surface area contributed by atoms with E-state index in [-0.39, 0.29) is 31.3 Å². The molecule has 1 aromatic rings. The van der Waals surface area contributed by atoms with Crippen molar-refractivity contribution in [2.45, 2.75) is 32.7 Å². The fourth-order valence-corrected chi connectivity index (χ4v) is 1.49. The minimum atomic E-state index is -0.243.